The highest BCUT2D eigenvalue weighted by molar-refractivity contribution is 5.93. The normalized spacial score (nSPS) is 19.3. The fourth-order valence-electron chi connectivity index (χ4n) is 4.56. The van der Waals surface area contributed by atoms with Crippen LogP contribution < -0.4 is 15.0 Å². The van der Waals surface area contributed by atoms with E-state index in [4.69, 9.17) is 15.9 Å². The van der Waals surface area contributed by atoms with Gasteiger partial charge in [0.15, 0.2) is 0 Å². The Labute approximate surface area is 215 Å². The smallest absolute Gasteiger partial charge is 0.298 e. The molecule has 3 aromatic rings. The summed E-state index contributed by atoms with van der Waals surface area (Å²) in [5.41, 5.74) is 2.77. The van der Waals surface area contributed by atoms with Crippen molar-refractivity contribution in [3.8, 4) is 35.3 Å². The summed E-state index contributed by atoms with van der Waals surface area (Å²) in [6, 6.07) is 8.07. The molecule has 0 aliphatic carbocycles. The van der Waals surface area contributed by atoms with E-state index in [0.29, 0.717) is 62.8 Å². The molecule has 0 unspecified atom stereocenters. The van der Waals surface area contributed by atoms with Gasteiger partial charge in [0.2, 0.25) is 0 Å². The molecule has 1 N–H and O–H groups in total. The molecule has 1 atom stereocenters. The van der Waals surface area contributed by atoms with Crippen LogP contribution in [0.2, 0.25) is 0 Å². The number of carbonyl (C=O) groups is 1. The monoisotopic (exact) mass is 499 g/mol. The second-order valence-corrected chi connectivity index (χ2v) is 9.89. The van der Waals surface area contributed by atoms with Crippen molar-refractivity contribution in [2.75, 3.05) is 50.8 Å². The van der Waals surface area contributed by atoms with Crippen LogP contribution in [-0.2, 0) is 9.53 Å². The van der Waals surface area contributed by atoms with Crippen molar-refractivity contribution in [2.24, 2.45) is 0 Å². The molecule has 2 aliphatic heterocycles. The van der Waals surface area contributed by atoms with Gasteiger partial charge in [0.25, 0.3) is 5.91 Å². The molecule has 2 fully saturated rings. The van der Waals surface area contributed by atoms with Crippen LogP contribution in [-0.4, -0.2) is 83.0 Å². The van der Waals surface area contributed by atoms with Crippen LogP contribution >= 0.6 is 0 Å². The minimum Gasteiger partial charge on any atom is -0.489 e. The van der Waals surface area contributed by atoms with Crippen molar-refractivity contribution in [3.63, 3.8) is 0 Å². The second-order valence-electron chi connectivity index (χ2n) is 9.89. The zero-order chi connectivity index (χ0) is 26.0. The topological polar surface area (TPSA) is 108 Å². The van der Waals surface area contributed by atoms with Crippen LogP contribution in [0.15, 0.2) is 36.8 Å². The third-order valence-corrected chi connectivity index (χ3v) is 6.70. The number of aromatic nitrogens is 3. The van der Waals surface area contributed by atoms with E-state index >= 15 is 0 Å². The number of piperazine rings is 1. The number of rotatable bonds is 5. The van der Waals surface area contributed by atoms with Gasteiger partial charge < -0.3 is 24.6 Å². The summed E-state index contributed by atoms with van der Waals surface area (Å²) in [7, 11) is 0. The molecule has 10 heteroatoms. The second kappa shape index (κ2) is 10.1. The highest BCUT2D eigenvalue weighted by Crippen LogP contribution is 2.31. The van der Waals surface area contributed by atoms with Gasteiger partial charge in [-0.2, -0.15) is 10.4 Å². The van der Waals surface area contributed by atoms with Gasteiger partial charge in [-0.25, -0.2) is 9.50 Å². The van der Waals surface area contributed by atoms with E-state index < -0.39 is 0 Å². The molecule has 37 heavy (non-hydrogen) atoms. The lowest BCUT2D eigenvalue weighted by atomic mass is 10.0. The van der Waals surface area contributed by atoms with E-state index in [-0.39, 0.29) is 17.6 Å². The fourth-order valence-corrected chi connectivity index (χ4v) is 4.56. The lowest BCUT2D eigenvalue weighted by molar-refractivity contribution is -0.125. The predicted molar refractivity (Wildman–Crippen MR) is 138 cm³/mol. The molecular weight excluding hydrogens is 470 g/mol. The van der Waals surface area contributed by atoms with E-state index in [1.165, 1.54) is 0 Å². The van der Waals surface area contributed by atoms with Crippen LogP contribution in [0.3, 0.4) is 0 Å². The number of hydrogen-bond acceptors (Lipinski definition) is 8. The number of nitriles is 1. The quantitative estimate of drug-likeness (QED) is 0.529. The van der Waals surface area contributed by atoms with Crippen molar-refractivity contribution in [1.82, 2.24) is 24.8 Å². The third kappa shape index (κ3) is 5.21. The summed E-state index contributed by atoms with van der Waals surface area (Å²) >= 11 is 0. The van der Waals surface area contributed by atoms with E-state index in [9.17, 15) is 10.1 Å². The highest BCUT2D eigenvalue weighted by Gasteiger charge is 2.27. The summed E-state index contributed by atoms with van der Waals surface area (Å²) in [6.45, 7) is 8.36. The van der Waals surface area contributed by atoms with Crippen LogP contribution in [0.25, 0.3) is 16.6 Å². The number of amides is 1. The molecule has 0 spiro atoms. The number of ether oxygens (including phenoxy) is 2. The SMILES string of the molecule is C#CC(=O)N1CCN(c2ccc(-c3cc(OC[C@@H]4CNC(C)(C)CO4)cn4ncc(C#N)c34)cn2)CC1. The Kier molecular flexibility index (Phi) is 6.70. The lowest BCUT2D eigenvalue weighted by Crippen LogP contribution is -2.54. The number of terminal acetylenes is 1. The van der Waals surface area contributed by atoms with Crippen molar-refractivity contribution < 1.29 is 14.3 Å². The molecule has 10 nitrogen and oxygen atoms in total. The standard InChI is InChI=1S/C27H29N7O3/c1-4-25(35)33-9-7-32(8-10-33)24-6-5-19(13-29-24)23-11-21(16-34-26(23)20(12-28)14-31-34)36-17-22-15-30-27(2,3)18-37-22/h1,5-6,11,13-14,16,22,30H,7-10,15,17-18H2,2-3H3/t22-/m0/s1. The van der Waals surface area contributed by atoms with Gasteiger partial charge in [-0.3, -0.25) is 4.79 Å². The molecular formula is C27H29N7O3. The van der Waals surface area contributed by atoms with Gasteiger partial charge in [0.1, 0.15) is 30.3 Å². The molecule has 2 aliphatic rings. The summed E-state index contributed by atoms with van der Waals surface area (Å²) in [4.78, 5) is 20.2. The molecule has 5 rings (SSSR count). The number of pyridine rings is 2. The molecule has 190 valence electrons. The lowest BCUT2D eigenvalue weighted by Gasteiger charge is -2.35. The zero-order valence-corrected chi connectivity index (χ0v) is 21.0. The van der Waals surface area contributed by atoms with Gasteiger partial charge in [0, 0.05) is 55.6 Å². The number of nitrogens with zero attached hydrogens (tertiary/aromatic N) is 6. The molecule has 3 aromatic heterocycles. The number of hydrogen-bond donors (Lipinski definition) is 1. The average Bonchev–Trinajstić information content (AvgIpc) is 3.35. The van der Waals surface area contributed by atoms with Crippen molar-refractivity contribution in [3.05, 3.63) is 42.4 Å². The number of morpholine rings is 1. The maximum absolute atomic E-state index is 11.7. The van der Waals surface area contributed by atoms with Gasteiger partial charge in [0.05, 0.1) is 30.1 Å². The van der Waals surface area contributed by atoms with Gasteiger partial charge >= 0.3 is 0 Å². The highest BCUT2D eigenvalue weighted by atomic mass is 16.5. The van der Waals surface area contributed by atoms with E-state index in [1.54, 1.807) is 28.0 Å². The first kappa shape index (κ1) is 24.6. The Hall–Kier alpha value is -4.12. The third-order valence-electron chi connectivity index (χ3n) is 6.70. The Morgan fingerprint density at radius 1 is 1.30 bits per heavy atom. The van der Waals surface area contributed by atoms with Crippen LogP contribution in [0.5, 0.6) is 5.75 Å². The molecule has 0 saturated carbocycles. The van der Waals surface area contributed by atoms with Crippen molar-refractivity contribution in [2.45, 2.75) is 25.5 Å². The zero-order valence-electron chi connectivity index (χ0n) is 21.0. The molecule has 5 heterocycles. The fraction of sp³-hybridized carbons (Fsp3) is 0.407. The van der Waals surface area contributed by atoms with E-state index in [2.05, 4.69) is 46.1 Å². The minimum atomic E-state index is -0.279. The summed E-state index contributed by atoms with van der Waals surface area (Å²) < 4.78 is 13.7. The first-order valence-corrected chi connectivity index (χ1v) is 12.2. The molecule has 0 bridgehead atoms. The van der Waals surface area contributed by atoms with Gasteiger partial charge in [-0.15, -0.1) is 6.42 Å². The summed E-state index contributed by atoms with van der Waals surface area (Å²) in [5, 5.41) is 17.5. The van der Waals surface area contributed by atoms with E-state index in [1.807, 2.05) is 18.2 Å². The molecule has 0 radical (unpaired) electrons. The first-order chi connectivity index (χ1) is 17.9. The number of anilines is 1. The van der Waals surface area contributed by atoms with Crippen LogP contribution in [0.4, 0.5) is 5.82 Å². The van der Waals surface area contributed by atoms with Crippen molar-refractivity contribution in [1.29, 1.82) is 5.26 Å². The molecule has 0 aromatic carbocycles. The van der Waals surface area contributed by atoms with Gasteiger partial charge in [-0.05, 0) is 38.0 Å². The Morgan fingerprint density at radius 3 is 2.76 bits per heavy atom. The Balaban J connectivity index is 1.35. The van der Waals surface area contributed by atoms with Gasteiger partial charge in [-0.1, -0.05) is 0 Å². The summed E-state index contributed by atoms with van der Waals surface area (Å²) in [5.74, 6) is 3.34. The Morgan fingerprint density at radius 2 is 2.11 bits per heavy atom. The Bertz CT molecular complexity index is 1370. The largest absolute Gasteiger partial charge is 0.489 e. The first-order valence-electron chi connectivity index (χ1n) is 12.2. The van der Waals surface area contributed by atoms with Crippen LogP contribution in [0.1, 0.15) is 19.4 Å². The minimum absolute atomic E-state index is 0.0445. The maximum atomic E-state index is 11.7. The van der Waals surface area contributed by atoms with E-state index in [0.717, 1.165) is 16.9 Å². The van der Waals surface area contributed by atoms with Crippen molar-refractivity contribution >= 4 is 17.2 Å². The number of fused-ring (bicyclic) bond motifs is 1. The predicted octanol–water partition coefficient (Wildman–Crippen LogP) is 1.70. The molecule has 2 saturated heterocycles. The average molecular weight is 500 g/mol. The number of nitrogens with one attached hydrogen (secondary N) is 1. The van der Waals surface area contributed by atoms with Crippen LogP contribution in [0, 0.1) is 23.7 Å². The number of carbonyl (C=O) groups excluding carboxylic acids is 1. The summed E-state index contributed by atoms with van der Waals surface area (Å²) in [6.07, 6.45) is 10.3. The molecule has 1 amide bonds. The maximum Gasteiger partial charge on any atom is 0.298 e.